The number of nitrogens with one attached hydrogen (secondary N) is 3. The third-order valence-electron chi connectivity index (χ3n) is 4.81. The van der Waals surface area contributed by atoms with Gasteiger partial charge in [-0.05, 0) is 19.4 Å². The molecule has 1 atom stereocenters. The molecule has 5 N–H and O–H groups in total. The molecule has 21 heavy (non-hydrogen) atoms. The summed E-state index contributed by atoms with van der Waals surface area (Å²) in [5.74, 6) is 1.00. The van der Waals surface area contributed by atoms with E-state index >= 15 is 0 Å². The van der Waals surface area contributed by atoms with Crippen molar-refractivity contribution in [2.24, 2.45) is 11.1 Å². The molecule has 0 aromatic carbocycles. The summed E-state index contributed by atoms with van der Waals surface area (Å²) in [6.45, 7) is 8.33. The van der Waals surface area contributed by atoms with Crippen LogP contribution in [-0.4, -0.2) is 47.5 Å². The summed E-state index contributed by atoms with van der Waals surface area (Å²) < 4.78 is 0. The molecule has 0 aliphatic carbocycles. The summed E-state index contributed by atoms with van der Waals surface area (Å²) in [6, 6.07) is -0.0491. The lowest BCUT2D eigenvalue weighted by molar-refractivity contribution is 0.120. The summed E-state index contributed by atoms with van der Waals surface area (Å²) >= 11 is 1.50. The molecule has 114 valence electrons. The van der Waals surface area contributed by atoms with E-state index in [9.17, 15) is 0 Å². The number of anilines is 1. The number of aromatic nitrogens is 2. The molecule has 1 unspecified atom stereocenters. The van der Waals surface area contributed by atoms with Crippen molar-refractivity contribution in [2.45, 2.75) is 24.8 Å². The van der Waals surface area contributed by atoms with Crippen LogP contribution in [0.2, 0.25) is 0 Å². The van der Waals surface area contributed by atoms with Gasteiger partial charge in [0, 0.05) is 44.6 Å². The van der Waals surface area contributed by atoms with E-state index in [2.05, 4.69) is 20.4 Å². The second kappa shape index (κ2) is 4.34. The minimum atomic E-state index is -0.0491. The van der Waals surface area contributed by atoms with Gasteiger partial charge in [-0.15, -0.1) is 0 Å². The zero-order valence-corrected chi connectivity index (χ0v) is 13.1. The number of rotatable bonds is 2. The minimum Gasteiger partial charge on any atom is -0.353 e. The van der Waals surface area contributed by atoms with E-state index in [1.54, 1.807) is 0 Å². The molecule has 0 bridgehead atoms. The smallest absolute Gasteiger partial charge is 0.165 e. The van der Waals surface area contributed by atoms with E-state index in [-0.39, 0.29) is 7.47 Å². The molecule has 2 saturated heterocycles. The molecule has 7 heteroatoms. The highest BCUT2D eigenvalue weighted by molar-refractivity contribution is 8.15. The predicted molar refractivity (Wildman–Crippen MR) is 88.0 cm³/mol. The van der Waals surface area contributed by atoms with Crippen LogP contribution in [0.1, 0.15) is 21.0 Å². The lowest BCUT2D eigenvalue weighted by atomic mass is 9.74. The van der Waals surface area contributed by atoms with Gasteiger partial charge in [-0.25, -0.2) is 0 Å². The molecule has 2 fully saturated rings. The monoisotopic (exact) mass is 306 g/mol. The minimum absolute atomic E-state index is 0. The van der Waals surface area contributed by atoms with Gasteiger partial charge in [0.1, 0.15) is 5.04 Å². The molecule has 6 nitrogen and oxygen atoms in total. The SMILES string of the molecule is C/C(=C1/C(=N)Sc2c(N3CC4(CNC4)C3)n[nH]c21)C(C)N.[HH]. The van der Waals surface area contributed by atoms with Crippen LogP contribution in [0, 0.1) is 10.8 Å². The number of H-pyrrole nitrogens is 1. The van der Waals surface area contributed by atoms with Gasteiger partial charge in [-0.3, -0.25) is 10.5 Å². The summed E-state index contributed by atoms with van der Waals surface area (Å²) in [5, 5.41) is 19.8. The van der Waals surface area contributed by atoms with Gasteiger partial charge >= 0.3 is 0 Å². The number of thioether (sulfide) groups is 1. The molecule has 0 radical (unpaired) electrons. The van der Waals surface area contributed by atoms with Crippen molar-refractivity contribution in [2.75, 3.05) is 31.1 Å². The van der Waals surface area contributed by atoms with E-state index < -0.39 is 0 Å². The van der Waals surface area contributed by atoms with Crippen molar-refractivity contribution in [1.29, 1.82) is 5.41 Å². The molecule has 4 heterocycles. The van der Waals surface area contributed by atoms with Crippen LogP contribution >= 0.6 is 11.8 Å². The van der Waals surface area contributed by atoms with Crippen LogP contribution < -0.4 is 16.0 Å². The first-order valence-corrected chi connectivity index (χ1v) is 8.10. The zero-order valence-electron chi connectivity index (χ0n) is 12.3. The van der Waals surface area contributed by atoms with Crippen LogP contribution in [0.5, 0.6) is 0 Å². The average molecular weight is 306 g/mol. The Balaban J connectivity index is 0.00000144. The Morgan fingerprint density at radius 3 is 2.81 bits per heavy atom. The number of fused-ring (bicyclic) bond motifs is 1. The lowest BCUT2D eigenvalue weighted by Crippen LogP contribution is -2.71. The molecule has 3 aliphatic rings. The molecule has 0 saturated carbocycles. The van der Waals surface area contributed by atoms with Crippen LogP contribution in [0.4, 0.5) is 5.82 Å². The van der Waals surface area contributed by atoms with Crippen LogP contribution in [0.15, 0.2) is 10.5 Å². The maximum absolute atomic E-state index is 8.24. The molecule has 1 aromatic rings. The summed E-state index contributed by atoms with van der Waals surface area (Å²) in [6.07, 6.45) is 0. The van der Waals surface area contributed by atoms with Crippen LogP contribution in [-0.2, 0) is 0 Å². The Morgan fingerprint density at radius 1 is 1.52 bits per heavy atom. The molecular weight excluding hydrogens is 284 g/mol. The fraction of sp³-hybridized carbons (Fsp3) is 0.571. The maximum atomic E-state index is 8.24. The van der Waals surface area contributed by atoms with Gasteiger partial charge in [0.2, 0.25) is 0 Å². The van der Waals surface area contributed by atoms with E-state index in [0.29, 0.717) is 10.5 Å². The van der Waals surface area contributed by atoms with E-state index in [1.165, 1.54) is 11.8 Å². The zero-order chi connectivity index (χ0) is 14.8. The van der Waals surface area contributed by atoms with Gasteiger partial charge in [-0.2, -0.15) is 5.10 Å². The van der Waals surface area contributed by atoms with E-state index in [0.717, 1.165) is 53.7 Å². The van der Waals surface area contributed by atoms with E-state index in [4.69, 9.17) is 11.1 Å². The Kier molecular flexibility index (Phi) is 2.76. The second-order valence-electron chi connectivity index (χ2n) is 6.49. The third-order valence-corrected chi connectivity index (χ3v) is 5.81. The average Bonchev–Trinajstić information content (AvgIpc) is 2.83. The number of hydrogen-bond donors (Lipinski definition) is 4. The van der Waals surface area contributed by atoms with Gasteiger partial charge in [0.25, 0.3) is 0 Å². The van der Waals surface area contributed by atoms with Crippen molar-refractivity contribution in [3.8, 4) is 0 Å². The molecular formula is C14H22N6S. The Morgan fingerprint density at radius 2 is 2.24 bits per heavy atom. The van der Waals surface area contributed by atoms with Crippen molar-refractivity contribution in [3.63, 3.8) is 0 Å². The van der Waals surface area contributed by atoms with Gasteiger partial charge < -0.3 is 16.0 Å². The fourth-order valence-electron chi connectivity index (χ4n) is 3.29. The topological polar surface area (TPSA) is 93.8 Å². The normalized spacial score (nSPS) is 26.4. The first-order chi connectivity index (χ1) is 10.0. The quantitative estimate of drug-likeness (QED) is 0.660. The van der Waals surface area contributed by atoms with Crippen molar-refractivity contribution in [1.82, 2.24) is 15.5 Å². The summed E-state index contributed by atoms with van der Waals surface area (Å²) in [5.41, 5.74) is 9.42. The van der Waals surface area contributed by atoms with Gasteiger partial charge in [0.05, 0.1) is 10.6 Å². The number of aromatic amines is 1. The van der Waals surface area contributed by atoms with Crippen LogP contribution in [0.3, 0.4) is 0 Å². The van der Waals surface area contributed by atoms with Crippen molar-refractivity contribution in [3.05, 3.63) is 11.3 Å². The molecule has 0 amide bonds. The number of nitrogens with two attached hydrogens (primary N) is 1. The van der Waals surface area contributed by atoms with Gasteiger partial charge in [0.15, 0.2) is 5.82 Å². The summed E-state index contributed by atoms with van der Waals surface area (Å²) in [4.78, 5) is 3.41. The summed E-state index contributed by atoms with van der Waals surface area (Å²) in [7, 11) is 0. The molecule has 1 spiro atoms. The Bertz CT molecular complexity index is 652. The molecule has 4 rings (SSSR count). The number of nitrogens with zero attached hydrogens (tertiary/aromatic N) is 2. The van der Waals surface area contributed by atoms with Crippen molar-refractivity contribution < 1.29 is 1.43 Å². The highest BCUT2D eigenvalue weighted by atomic mass is 32.2. The fourth-order valence-corrected chi connectivity index (χ4v) is 4.37. The third kappa shape index (κ3) is 1.81. The predicted octanol–water partition coefficient (Wildman–Crippen LogP) is 1.27. The Labute approximate surface area is 129 Å². The van der Waals surface area contributed by atoms with E-state index in [1.807, 2.05) is 13.8 Å². The molecule has 3 aliphatic heterocycles. The first-order valence-electron chi connectivity index (χ1n) is 7.28. The first kappa shape index (κ1) is 13.4. The maximum Gasteiger partial charge on any atom is 0.165 e. The molecule has 1 aromatic heterocycles. The highest BCUT2D eigenvalue weighted by Gasteiger charge is 2.49. The highest BCUT2D eigenvalue weighted by Crippen LogP contribution is 2.48. The van der Waals surface area contributed by atoms with Crippen molar-refractivity contribution >= 4 is 28.2 Å². The number of hydrogen-bond acceptors (Lipinski definition) is 6. The van der Waals surface area contributed by atoms with Gasteiger partial charge in [-0.1, -0.05) is 11.8 Å². The standard InChI is InChI=1S/C14H20N6S.H2/c1-7(8(2)15)9-10-11(21-12(9)16)13(19-18-10)20-5-14(6-20)3-17-4-14;/h8,16-17H,3-6,15H2,1-2H3,(H,18,19);1H/b9-7-,16-12?;. The van der Waals surface area contributed by atoms with Crippen LogP contribution in [0.25, 0.3) is 5.57 Å². The lowest BCUT2D eigenvalue weighted by Gasteiger charge is -2.56. The Hall–Kier alpha value is -1.31. The largest absolute Gasteiger partial charge is 0.353 e. The second-order valence-corrected chi connectivity index (χ2v) is 7.51.